The van der Waals surface area contributed by atoms with Crippen LogP contribution in [0.15, 0.2) is 65.5 Å². The Labute approximate surface area is 152 Å². The summed E-state index contributed by atoms with van der Waals surface area (Å²) in [7, 11) is 0. The normalized spacial score (nSPS) is 18.3. The maximum Gasteiger partial charge on any atom is 0.257 e. The monoisotopic (exact) mass is 349 g/mol. The Morgan fingerprint density at radius 3 is 2.62 bits per heavy atom. The molecule has 1 fully saturated rings. The highest BCUT2D eigenvalue weighted by atomic mass is 16.3. The molecule has 2 N–H and O–H groups in total. The largest absolute Gasteiger partial charge is 0.395 e. The van der Waals surface area contributed by atoms with Crippen LogP contribution in [0, 0.1) is 0 Å². The highest BCUT2D eigenvalue weighted by molar-refractivity contribution is 5.83. The molecule has 1 aliphatic rings. The van der Waals surface area contributed by atoms with E-state index in [9.17, 15) is 9.90 Å². The van der Waals surface area contributed by atoms with Gasteiger partial charge in [0, 0.05) is 31.6 Å². The molecule has 0 radical (unpaired) electrons. The van der Waals surface area contributed by atoms with Gasteiger partial charge in [-0.1, -0.05) is 48.5 Å². The van der Waals surface area contributed by atoms with Crippen molar-refractivity contribution < 1.29 is 5.11 Å². The summed E-state index contributed by atoms with van der Waals surface area (Å²) >= 11 is 0. The van der Waals surface area contributed by atoms with Crippen LogP contribution in [-0.2, 0) is 6.54 Å². The summed E-state index contributed by atoms with van der Waals surface area (Å²) in [5.74, 6) is 0.825. The van der Waals surface area contributed by atoms with Crippen molar-refractivity contribution >= 4 is 16.6 Å². The molecule has 2 aromatic carbocycles. The number of fused-ring (bicyclic) bond motifs is 1. The molecule has 5 heteroatoms. The number of aromatic amines is 1. The van der Waals surface area contributed by atoms with Crippen molar-refractivity contribution in [2.24, 2.45) is 0 Å². The molecule has 0 saturated carbocycles. The van der Waals surface area contributed by atoms with Gasteiger partial charge >= 0.3 is 0 Å². The van der Waals surface area contributed by atoms with Crippen LogP contribution in [0.1, 0.15) is 5.56 Å². The number of hydrogen-bond acceptors (Lipinski definition) is 4. The molecule has 0 spiro atoms. The summed E-state index contributed by atoms with van der Waals surface area (Å²) in [5, 5.41) is 11.5. The van der Waals surface area contributed by atoms with Crippen LogP contribution >= 0.6 is 0 Å². The molecule has 3 aromatic rings. The average molecular weight is 349 g/mol. The van der Waals surface area contributed by atoms with Crippen LogP contribution in [0.25, 0.3) is 10.8 Å². The number of aliphatic hydroxyl groups is 1. The summed E-state index contributed by atoms with van der Waals surface area (Å²) < 4.78 is 0. The van der Waals surface area contributed by atoms with Gasteiger partial charge in [-0.2, -0.15) is 0 Å². The second kappa shape index (κ2) is 7.32. The second-order valence-electron chi connectivity index (χ2n) is 6.81. The molecule has 1 unspecified atom stereocenters. The zero-order chi connectivity index (χ0) is 17.9. The zero-order valence-electron chi connectivity index (χ0n) is 14.6. The van der Waals surface area contributed by atoms with Crippen LogP contribution in [0.4, 0.5) is 5.82 Å². The molecule has 4 rings (SSSR count). The molecule has 2 heterocycles. The van der Waals surface area contributed by atoms with Crippen molar-refractivity contribution in [3.63, 3.8) is 0 Å². The van der Waals surface area contributed by atoms with E-state index in [-0.39, 0.29) is 18.2 Å². The first-order valence-electron chi connectivity index (χ1n) is 9.00. The molecular weight excluding hydrogens is 326 g/mol. The number of benzene rings is 2. The number of rotatable bonds is 4. The first kappa shape index (κ1) is 16.8. The SMILES string of the molecule is O=c1[nH]c(N2CCN(Cc3ccccc3)C(CO)C2)cc2ccccc12. The third-order valence-electron chi connectivity index (χ3n) is 5.12. The second-order valence-corrected chi connectivity index (χ2v) is 6.81. The van der Waals surface area contributed by atoms with Gasteiger partial charge in [-0.05, 0) is 23.1 Å². The van der Waals surface area contributed by atoms with Gasteiger partial charge in [0.1, 0.15) is 5.82 Å². The predicted octanol–water partition coefficient (Wildman–Crippen LogP) is 2.21. The number of piperazine rings is 1. The molecular formula is C21H23N3O2. The Balaban J connectivity index is 1.54. The van der Waals surface area contributed by atoms with Gasteiger partial charge in [-0.25, -0.2) is 0 Å². The van der Waals surface area contributed by atoms with Crippen molar-refractivity contribution in [3.8, 4) is 0 Å². The predicted molar refractivity (Wildman–Crippen MR) is 105 cm³/mol. The fourth-order valence-electron chi connectivity index (χ4n) is 3.68. The summed E-state index contributed by atoms with van der Waals surface area (Å²) in [6.07, 6.45) is 0. The minimum atomic E-state index is -0.0645. The summed E-state index contributed by atoms with van der Waals surface area (Å²) in [6, 6.07) is 20.0. The number of hydrogen-bond donors (Lipinski definition) is 2. The van der Waals surface area contributed by atoms with Crippen LogP contribution in [-0.4, -0.2) is 47.3 Å². The Morgan fingerprint density at radius 1 is 1.04 bits per heavy atom. The molecule has 26 heavy (non-hydrogen) atoms. The minimum absolute atomic E-state index is 0.0407. The quantitative estimate of drug-likeness (QED) is 0.758. The van der Waals surface area contributed by atoms with Crippen LogP contribution in [0.5, 0.6) is 0 Å². The van der Waals surface area contributed by atoms with Crippen LogP contribution < -0.4 is 10.5 Å². The third kappa shape index (κ3) is 3.36. The van der Waals surface area contributed by atoms with Gasteiger partial charge < -0.3 is 15.0 Å². The number of aliphatic hydroxyl groups excluding tert-OH is 1. The van der Waals surface area contributed by atoms with Crippen molar-refractivity contribution in [1.29, 1.82) is 0 Å². The molecule has 134 valence electrons. The van der Waals surface area contributed by atoms with Gasteiger partial charge in [-0.3, -0.25) is 9.69 Å². The molecule has 5 nitrogen and oxygen atoms in total. The number of aromatic nitrogens is 1. The number of H-pyrrole nitrogens is 1. The van der Waals surface area contributed by atoms with E-state index < -0.39 is 0 Å². The third-order valence-corrected chi connectivity index (χ3v) is 5.12. The Hall–Kier alpha value is -2.63. The van der Waals surface area contributed by atoms with E-state index in [0.717, 1.165) is 30.8 Å². The van der Waals surface area contributed by atoms with E-state index in [0.29, 0.717) is 11.9 Å². The Kier molecular flexibility index (Phi) is 4.73. The van der Waals surface area contributed by atoms with E-state index in [4.69, 9.17) is 0 Å². The molecule has 0 bridgehead atoms. The Morgan fingerprint density at radius 2 is 1.81 bits per heavy atom. The van der Waals surface area contributed by atoms with Crippen LogP contribution in [0.3, 0.4) is 0 Å². The van der Waals surface area contributed by atoms with E-state index in [1.165, 1.54) is 5.56 Å². The smallest absolute Gasteiger partial charge is 0.257 e. The maximum absolute atomic E-state index is 12.4. The standard InChI is InChI=1S/C21H23N3O2/c25-15-18-14-24(11-10-23(18)13-16-6-2-1-3-7-16)20-12-17-8-4-5-9-19(17)21(26)22-20/h1-9,12,18,25H,10-11,13-15H2,(H,22,26). The van der Waals surface area contributed by atoms with Gasteiger partial charge in [0.15, 0.2) is 0 Å². The van der Waals surface area contributed by atoms with E-state index in [2.05, 4.69) is 26.9 Å². The van der Waals surface area contributed by atoms with Gasteiger partial charge in [0.05, 0.1) is 12.6 Å². The van der Waals surface area contributed by atoms with E-state index in [1.54, 1.807) is 0 Å². The maximum atomic E-state index is 12.4. The lowest BCUT2D eigenvalue weighted by Crippen LogP contribution is -2.54. The first-order chi connectivity index (χ1) is 12.7. The Bertz CT molecular complexity index is 939. The first-order valence-corrected chi connectivity index (χ1v) is 9.00. The van der Waals surface area contributed by atoms with Crippen molar-refractivity contribution in [3.05, 3.63) is 76.6 Å². The molecule has 0 amide bonds. The molecule has 1 saturated heterocycles. The topological polar surface area (TPSA) is 59.6 Å². The van der Waals surface area contributed by atoms with Gasteiger partial charge in [0.2, 0.25) is 0 Å². The number of pyridine rings is 1. The average Bonchev–Trinajstić information content (AvgIpc) is 2.69. The van der Waals surface area contributed by atoms with Crippen molar-refractivity contribution in [2.75, 3.05) is 31.1 Å². The fourth-order valence-corrected chi connectivity index (χ4v) is 3.68. The summed E-state index contributed by atoms with van der Waals surface area (Å²) in [5.41, 5.74) is 1.18. The summed E-state index contributed by atoms with van der Waals surface area (Å²) in [6.45, 7) is 3.28. The lowest BCUT2D eigenvalue weighted by molar-refractivity contribution is 0.105. The van der Waals surface area contributed by atoms with Crippen molar-refractivity contribution in [1.82, 2.24) is 9.88 Å². The van der Waals surface area contributed by atoms with Gasteiger partial charge in [-0.15, -0.1) is 0 Å². The van der Waals surface area contributed by atoms with E-state index >= 15 is 0 Å². The minimum Gasteiger partial charge on any atom is -0.395 e. The molecule has 0 aliphatic carbocycles. The summed E-state index contributed by atoms with van der Waals surface area (Å²) in [4.78, 5) is 19.8. The van der Waals surface area contributed by atoms with Crippen molar-refractivity contribution in [2.45, 2.75) is 12.6 Å². The zero-order valence-corrected chi connectivity index (χ0v) is 14.6. The molecule has 1 atom stereocenters. The lowest BCUT2D eigenvalue weighted by atomic mass is 10.1. The van der Waals surface area contributed by atoms with Crippen LogP contribution in [0.2, 0.25) is 0 Å². The number of nitrogens with one attached hydrogen (secondary N) is 1. The van der Waals surface area contributed by atoms with Gasteiger partial charge in [0.25, 0.3) is 5.56 Å². The highest BCUT2D eigenvalue weighted by Crippen LogP contribution is 2.21. The highest BCUT2D eigenvalue weighted by Gasteiger charge is 2.27. The fraction of sp³-hybridized carbons (Fsp3) is 0.286. The molecule has 1 aromatic heterocycles. The molecule has 1 aliphatic heterocycles. The number of anilines is 1. The number of nitrogens with zero attached hydrogens (tertiary/aromatic N) is 2. The lowest BCUT2D eigenvalue weighted by Gasteiger charge is -2.41. The van der Waals surface area contributed by atoms with E-state index in [1.807, 2.05) is 48.5 Å².